The van der Waals surface area contributed by atoms with E-state index in [-0.39, 0.29) is 5.92 Å². The van der Waals surface area contributed by atoms with Crippen molar-refractivity contribution in [1.29, 1.82) is 0 Å². The Morgan fingerprint density at radius 3 is 2.07 bits per heavy atom. The van der Waals surface area contributed by atoms with Crippen molar-refractivity contribution in [1.82, 2.24) is 9.62 Å². The van der Waals surface area contributed by atoms with Gasteiger partial charge in [0.15, 0.2) is 0 Å². The van der Waals surface area contributed by atoms with Crippen LogP contribution in [0.4, 0.5) is 0 Å². The molecule has 0 radical (unpaired) electrons. The Kier molecular flexibility index (Phi) is 7.92. The third-order valence-electron chi connectivity index (χ3n) is 5.75. The zero-order chi connectivity index (χ0) is 21.6. The van der Waals surface area contributed by atoms with Gasteiger partial charge in [0.2, 0.25) is 10.0 Å². The standard InChI is InChI=1S/C24H34N2O3S/c1-19(2)30(27,28)25-18-20(3)21-6-8-22(9-7-21)23-10-12-24(13-11-23)29-17-16-26-14-4-5-15-26/h6-13,19-20,25H,4-5,14-18H2,1-3H3. The minimum Gasteiger partial charge on any atom is -0.492 e. The van der Waals surface area contributed by atoms with E-state index in [0.29, 0.717) is 6.54 Å². The van der Waals surface area contributed by atoms with E-state index in [1.54, 1.807) is 13.8 Å². The monoisotopic (exact) mass is 430 g/mol. The summed E-state index contributed by atoms with van der Waals surface area (Å²) in [7, 11) is -3.23. The summed E-state index contributed by atoms with van der Waals surface area (Å²) in [5.41, 5.74) is 3.39. The van der Waals surface area contributed by atoms with Crippen LogP contribution >= 0.6 is 0 Å². The molecule has 2 aromatic carbocycles. The summed E-state index contributed by atoms with van der Waals surface area (Å²) >= 11 is 0. The maximum absolute atomic E-state index is 11.9. The van der Waals surface area contributed by atoms with E-state index in [0.717, 1.165) is 35.6 Å². The molecular formula is C24H34N2O3S. The van der Waals surface area contributed by atoms with Gasteiger partial charge in [0.05, 0.1) is 5.25 Å². The van der Waals surface area contributed by atoms with Crippen LogP contribution in [0, 0.1) is 0 Å². The minimum absolute atomic E-state index is 0.110. The summed E-state index contributed by atoms with van der Waals surface area (Å²) in [5.74, 6) is 1.01. The van der Waals surface area contributed by atoms with Crippen LogP contribution in [-0.4, -0.2) is 51.4 Å². The summed E-state index contributed by atoms with van der Waals surface area (Å²) in [6.07, 6.45) is 2.61. The molecule has 1 N–H and O–H groups in total. The van der Waals surface area contributed by atoms with Gasteiger partial charge < -0.3 is 4.74 Å². The number of hydrogen-bond acceptors (Lipinski definition) is 4. The molecule has 1 unspecified atom stereocenters. The van der Waals surface area contributed by atoms with Gasteiger partial charge in [0.25, 0.3) is 0 Å². The van der Waals surface area contributed by atoms with Crippen LogP contribution in [0.5, 0.6) is 5.75 Å². The number of benzene rings is 2. The van der Waals surface area contributed by atoms with E-state index in [4.69, 9.17) is 4.74 Å². The highest BCUT2D eigenvalue weighted by atomic mass is 32.2. The predicted molar refractivity (Wildman–Crippen MR) is 124 cm³/mol. The lowest BCUT2D eigenvalue weighted by Gasteiger charge is -2.16. The van der Waals surface area contributed by atoms with E-state index in [2.05, 4.69) is 46.0 Å². The predicted octanol–water partition coefficient (Wildman–Crippen LogP) is 4.26. The first kappa shape index (κ1) is 22.8. The SMILES string of the molecule is CC(CNS(=O)(=O)C(C)C)c1ccc(-c2ccc(OCCN3CCCC3)cc2)cc1. The molecule has 0 amide bonds. The lowest BCUT2D eigenvalue weighted by Crippen LogP contribution is -2.33. The van der Waals surface area contributed by atoms with Gasteiger partial charge in [-0.25, -0.2) is 13.1 Å². The highest BCUT2D eigenvalue weighted by Crippen LogP contribution is 2.25. The fourth-order valence-corrected chi connectivity index (χ4v) is 4.39. The molecule has 1 aliphatic heterocycles. The van der Waals surface area contributed by atoms with Gasteiger partial charge in [0.1, 0.15) is 12.4 Å². The van der Waals surface area contributed by atoms with E-state index in [9.17, 15) is 8.42 Å². The van der Waals surface area contributed by atoms with Crippen LogP contribution < -0.4 is 9.46 Å². The Balaban J connectivity index is 1.52. The van der Waals surface area contributed by atoms with E-state index in [1.165, 1.54) is 25.9 Å². The van der Waals surface area contributed by atoms with E-state index < -0.39 is 15.3 Å². The summed E-state index contributed by atoms with van der Waals surface area (Å²) in [5, 5.41) is -0.417. The normalized spacial score (nSPS) is 16.1. The van der Waals surface area contributed by atoms with Crippen molar-refractivity contribution in [2.75, 3.05) is 32.8 Å². The Bertz CT molecular complexity index is 887. The smallest absolute Gasteiger partial charge is 0.213 e. The number of nitrogens with one attached hydrogen (secondary N) is 1. The topological polar surface area (TPSA) is 58.6 Å². The molecule has 1 fully saturated rings. The first-order valence-electron chi connectivity index (χ1n) is 10.9. The number of ether oxygens (including phenoxy) is 1. The van der Waals surface area contributed by atoms with Gasteiger partial charge in [-0.05, 0) is 74.5 Å². The van der Waals surface area contributed by atoms with E-state index in [1.807, 2.05) is 19.1 Å². The fourth-order valence-electron chi connectivity index (χ4n) is 3.57. The molecule has 30 heavy (non-hydrogen) atoms. The minimum atomic E-state index is -3.23. The number of sulfonamides is 1. The van der Waals surface area contributed by atoms with Crippen molar-refractivity contribution < 1.29 is 13.2 Å². The molecule has 0 saturated carbocycles. The molecular weight excluding hydrogens is 396 g/mol. The molecule has 0 bridgehead atoms. The molecule has 2 aromatic rings. The zero-order valence-electron chi connectivity index (χ0n) is 18.3. The Morgan fingerprint density at radius 2 is 1.50 bits per heavy atom. The van der Waals surface area contributed by atoms with Crippen LogP contribution in [0.1, 0.15) is 45.1 Å². The largest absolute Gasteiger partial charge is 0.492 e. The molecule has 5 nitrogen and oxygen atoms in total. The van der Waals surface area contributed by atoms with Crippen LogP contribution in [0.3, 0.4) is 0 Å². The summed E-state index contributed by atoms with van der Waals surface area (Å²) in [6.45, 7) is 9.93. The molecule has 0 aliphatic carbocycles. The second-order valence-corrected chi connectivity index (χ2v) is 10.7. The second-order valence-electron chi connectivity index (χ2n) is 8.39. The van der Waals surface area contributed by atoms with Gasteiger partial charge in [-0.1, -0.05) is 43.3 Å². The fraction of sp³-hybridized carbons (Fsp3) is 0.500. The van der Waals surface area contributed by atoms with Crippen LogP contribution in [-0.2, 0) is 10.0 Å². The molecule has 3 rings (SSSR count). The van der Waals surface area contributed by atoms with Crippen LogP contribution in [0.15, 0.2) is 48.5 Å². The van der Waals surface area contributed by atoms with Crippen molar-refractivity contribution in [2.24, 2.45) is 0 Å². The van der Waals surface area contributed by atoms with Gasteiger partial charge in [0, 0.05) is 13.1 Å². The lowest BCUT2D eigenvalue weighted by molar-refractivity contribution is 0.238. The van der Waals surface area contributed by atoms with Crippen molar-refractivity contribution in [3.8, 4) is 16.9 Å². The number of likely N-dealkylation sites (tertiary alicyclic amines) is 1. The summed E-state index contributed by atoms with van der Waals surface area (Å²) in [4.78, 5) is 2.45. The van der Waals surface area contributed by atoms with Gasteiger partial charge in [-0.3, -0.25) is 4.90 Å². The molecule has 1 heterocycles. The van der Waals surface area contributed by atoms with Crippen molar-refractivity contribution in [3.05, 3.63) is 54.1 Å². The Labute approximate surface area is 181 Å². The quantitative estimate of drug-likeness (QED) is 0.612. The maximum atomic E-state index is 11.9. The zero-order valence-corrected chi connectivity index (χ0v) is 19.1. The molecule has 6 heteroatoms. The molecule has 1 aliphatic rings. The first-order chi connectivity index (χ1) is 14.3. The summed E-state index contributed by atoms with van der Waals surface area (Å²) in [6, 6.07) is 16.5. The number of rotatable bonds is 10. The van der Waals surface area contributed by atoms with Crippen molar-refractivity contribution in [3.63, 3.8) is 0 Å². The highest BCUT2D eigenvalue weighted by molar-refractivity contribution is 7.90. The molecule has 164 valence electrons. The lowest BCUT2D eigenvalue weighted by atomic mass is 9.98. The number of nitrogens with zero attached hydrogens (tertiary/aromatic N) is 1. The average Bonchev–Trinajstić information content (AvgIpc) is 3.26. The van der Waals surface area contributed by atoms with Gasteiger partial charge >= 0.3 is 0 Å². The molecule has 0 spiro atoms. The Hall–Kier alpha value is -1.89. The third-order valence-corrected chi connectivity index (χ3v) is 7.56. The molecule has 1 saturated heterocycles. The third kappa shape index (κ3) is 6.30. The van der Waals surface area contributed by atoms with Gasteiger partial charge in [-0.15, -0.1) is 0 Å². The summed E-state index contributed by atoms with van der Waals surface area (Å²) < 4.78 is 32.5. The van der Waals surface area contributed by atoms with Crippen molar-refractivity contribution in [2.45, 2.75) is 44.8 Å². The molecule has 1 atom stereocenters. The highest BCUT2D eigenvalue weighted by Gasteiger charge is 2.17. The van der Waals surface area contributed by atoms with Crippen LogP contribution in [0.2, 0.25) is 0 Å². The molecule has 0 aromatic heterocycles. The first-order valence-corrected chi connectivity index (χ1v) is 12.4. The van der Waals surface area contributed by atoms with E-state index >= 15 is 0 Å². The number of hydrogen-bond donors (Lipinski definition) is 1. The van der Waals surface area contributed by atoms with Gasteiger partial charge in [-0.2, -0.15) is 0 Å². The van der Waals surface area contributed by atoms with Crippen LogP contribution in [0.25, 0.3) is 11.1 Å². The maximum Gasteiger partial charge on any atom is 0.213 e. The Morgan fingerprint density at radius 1 is 0.933 bits per heavy atom. The second kappa shape index (κ2) is 10.4. The van der Waals surface area contributed by atoms with Crippen molar-refractivity contribution >= 4 is 10.0 Å². The average molecular weight is 431 g/mol.